The van der Waals surface area contributed by atoms with Crippen molar-refractivity contribution in [3.63, 3.8) is 0 Å². The molecule has 0 spiro atoms. The number of aromatic carboxylic acids is 1. The maximum Gasteiger partial charge on any atom is 0.336 e. The lowest BCUT2D eigenvalue weighted by atomic mass is 10.0. The summed E-state index contributed by atoms with van der Waals surface area (Å²) in [5, 5.41) is 10.7. The molecule has 0 fully saturated rings. The Labute approximate surface area is 107 Å². The molecule has 0 radical (unpaired) electrons. The van der Waals surface area contributed by atoms with Gasteiger partial charge in [0.2, 0.25) is 0 Å². The van der Waals surface area contributed by atoms with Gasteiger partial charge in [0.05, 0.1) is 5.56 Å². The summed E-state index contributed by atoms with van der Waals surface area (Å²) >= 11 is 0. The van der Waals surface area contributed by atoms with Gasteiger partial charge in [-0.3, -0.25) is 4.79 Å². The van der Waals surface area contributed by atoms with Gasteiger partial charge in [0, 0.05) is 22.0 Å². The Bertz CT molecular complexity index is 881. The molecule has 4 N–H and O–H groups in total. The molecule has 3 aromatic rings. The Morgan fingerprint density at radius 3 is 2.68 bits per heavy atom. The highest BCUT2D eigenvalue weighted by molar-refractivity contribution is 6.15. The number of nitrogen functional groups attached to an aromatic ring is 1. The van der Waals surface area contributed by atoms with Crippen molar-refractivity contribution in [3.8, 4) is 0 Å². The van der Waals surface area contributed by atoms with Crippen molar-refractivity contribution in [2.75, 3.05) is 5.73 Å². The summed E-state index contributed by atoms with van der Waals surface area (Å²) in [7, 11) is 0. The number of aromatic nitrogens is 1. The molecular weight excluding hydrogens is 244 g/mol. The van der Waals surface area contributed by atoms with Crippen LogP contribution in [0.25, 0.3) is 21.7 Å². The van der Waals surface area contributed by atoms with Crippen LogP contribution in [0.1, 0.15) is 10.4 Å². The maximum absolute atomic E-state index is 12.0. The van der Waals surface area contributed by atoms with Crippen molar-refractivity contribution in [2.45, 2.75) is 0 Å². The maximum atomic E-state index is 12.0. The molecule has 0 aliphatic heterocycles. The van der Waals surface area contributed by atoms with Gasteiger partial charge in [0.15, 0.2) is 0 Å². The number of fused-ring (bicyclic) bond motifs is 3. The number of H-pyrrole nitrogens is 1. The van der Waals surface area contributed by atoms with Crippen LogP contribution in [0.5, 0.6) is 0 Å². The largest absolute Gasteiger partial charge is 0.478 e. The first-order valence-electron chi connectivity index (χ1n) is 5.65. The van der Waals surface area contributed by atoms with E-state index in [4.69, 9.17) is 5.73 Å². The summed E-state index contributed by atoms with van der Waals surface area (Å²) in [6, 6.07) is 9.67. The Kier molecular flexibility index (Phi) is 2.28. The molecule has 0 aliphatic carbocycles. The third-order valence-corrected chi connectivity index (χ3v) is 3.10. The number of carboxylic acids is 1. The number of nitrogens with two attached hydrogens (primary N) is 1. The summed E-state index contributed by atoms with van der Waals surface area (Å²) in [5.41, 5.74) is 6.51. The highest BCUT2D eigenvalue weighted by Crippen LogP contribution is 2.26. The van der Waals surface area contributed by atoms with E-state index in [-0.39, 0.29) is 11.1 Å². The van der Waals surface area contributed by atoms with Crippen molar-refractivity contribution in [1.29, 1.82) is 0 Å². The highest BCUT2D eigenvalue weighted by atomic mass is 16.4. The van der Waals surface area contributed by atoms with E-state index in [0.717, 1.165) is 0 Å². The molecule has 5 heteroatoms. The molecule has 19 heavy (non-hydrogen) atoms. The second kappa shape index (κ2) is 3.84. The van der Waals surface area contributed by atoms with Gasteiger partial charge in [-0.1, -0.05) is 12.1 Å². The normalized spacial score (nSPS) is 10.9. The molecular formula is C14H10N2O3. The third-order valence-electron chi connectivity index (χ3n) is 3.10. The number of benzene rings is 2. The zero-order valence-electron chi connectivity index (χ0n) is 9.81. The highest BCUT2D eigenvalue weighted by Gasteiger charge is 2.13. The second-order valence-electron chi connectivity index (χ2n) is 4.29. The molecule has 1 heterocycles. The summed E-state index contributed by atoms with van der Waals surface area (Å²) in [6.07, 6.45) is 0. The number of anilines is 1. The molecule has 5 nitrogen and oxygen atoms in total. The number of carboxylic acid groups (broad SMARTS) is 1. The minimum Gasteiger partial charge on any atom is -0.478 e. The second-order valence-corrected chi connectivity index (χ2v) is 4.29. The number of hydrogen-bond acceptors (Lipinski definition) is 3. The van der Waals surface area contributed by atoms with Gasteiger partial charge >= 0.3 is 5.97 Å². The molecule has 1 aromatic heterocycles. The van der Waals surface area contributed by atoms with E-state index < -0.39 is 5.97 Å². The predicted octanol–water partition coefficient (Wildman–Crippen LogP) is 1.96. The quantitative estimate of drug-likeness (QED) is 0.457. The van der Waals surface area contributed by atoms with Gasteiger partial charge in [-0.05, 0) is 29.7 Å². The van der Waals surface area contributed by atoms with E-state index in [2.05, 4.69) is 4.98 Å². The SMILES string of the molecule is Nc1ccc2c(c1)c(=O)[nH]c1cccc(C(=O)O)c12. The number of aromatic amines is 1. The fraction of sp³-hybridized carbons (Fsp3) is 0. The predicted molar refractivity (Wildman–Crippen MR) is 73.4 cm³/mol. The third kappa shape index (κ3) is 1.63. The van der Waals surface area contributed by atoms with E-state index >= 15 is 0 Å². The van der Waals surface area contributed by atoms with Crippen molar-refractivity contribution >= 4 is 33.3 Å². The van der Waals surface area contributed by atoms with Gasteiger partial charge in [0.1, 0.15) is 0 Å². The van der Waals surface area contributed by atoms with Gasteiger partial charge < -0.3 is 15.8 Å². The minimum atomic E-state index is -1.03. The molecule has 3 rings (SSSR count). The van der Waals surface area contributed by atoms with Crippen LogP contribution in [0.15, 0.2) is 41.2 Å². The van der Waals surface area contributed by atoms with Crippen LogP contribution in [0, 0.1) is 0 Å². The van der Waals surface area contributed by atoms with Crippen molar-refractivity contribution in [1.82, 2.24) is 4.98 Å². The first-order valence-corrected chi connectivity index (χ1v) is 5.65. The summed E-state index contributed by atoms with van der Waals surface area (Å²) in [6.45, 7) is 0. The molecule has 0 unspecified atom stereocenters. The van der Waals surface area contributed by atoms with Crippen LogP contribution in [-0.4, -0.2) is 16.1 Å². The first kappa shape index (κ1) is 11.3. The molecule has 0 aliphatic rings. The van der Waals surface area contributed by atoms with E-state index in [1.165, 1.54) is 6.07 Å². The fourth-order valence-electron chi connectivity index (χ4n) is 2.28. The number of hydrogen-bond donors (Lipinski definition) is 3. The fourth-order valence-corrected chi connectivity index (χ4v) is 2.28. The molecule has 0 atom stereocenters. The van der Waals surface area contributed by atoms with Crippen LogP contribution < -0.4 is 11.3 Å². The van der Waals surface area contributed by atoms with Crippen molar-refractivity contribution in [3.05, 3.63) is 52.3 Å². The Hall–Kier alpha value is -2.82. The van der Waals surface area contributed by atoms with Crippen LogP contribution in [0.3, 0.4) is 0 Å². The molecule has 0 saturated carbocycles. The topological polar surface area (TPSA) is 96.2 Å². The minimum absolute atomic E-state index is 0.156. The number of pyridine rings is 1. The first-order chi connectivity index (χ1) is 9.08. The molecule has 94 valence electrons. The number of carbonyl (C=O) groups is 1. The standard InChI is InChI=1S/C14H10N2O3/c15-7-4-5-8-10(6-7)13(17)16-11-3-1-2-9(12(8)11)14(18)19/h1-6H,15H2,(H,16,17)(H,18,19). The van der Waals surface area contributed by atoms with E-state index in [1.54, 1.807) is 30.3 Å². The number of rotatable bonds is 1. The van der Waals surface area contributed by atoms with Crippen LogP contribution >= 0.6 is 0 Å². The van der Waals surface area contributed by atoms with Crippen molar-refractivity contribution < 1.29 is 9.90 Å². The molecule has 0 amide bonds. The Morgan fingerprint density at radius 2 is 1.95 bits per heavy atom. The molecule has 0 saturated heterocycles. The lowest BCUT2D eigenvalue weighted by Gasteiger charge is -2.07. The average molecular weight is 254 g/mol. The Balaban J connectivity index is 2.64. The van der Waals surface area contributed by atoms with Crippen LogP contribution in [0.2, 0.25) is 0 Å². The van der Waals surface area contributed by atoms with Crippen LogP contribution in [-0.2, 0) is 0 Å². The lowest BCUT2D eigenvalue weighted by molar-refractivity contribution is 0.0699. The van der Waals surface area contributed by atoms with E-state index in [9.17, 15) is 14.7 Å². The lowest BCUT2D eigenvalue weighted by Crippen LogP contribution is -2.09. The number of nitrogens with one attached hydrogen (secondary N) is 1. The van der Waals surface area contributed by atoms with Gasteiger partial charge in [-0.2, -0.15) is 0 Å². The van der Waals surface area contributed by atoms with Gasteiger partial charge in [-0.15, -0.1) is 0 Å². The van der Waals surface area contributed by atoms with Gasteiger partial charge in [-0.25, -0.2) is 4.79 Å². The van der Waals surface area contributed by atoms with Crippen molar-refractivity contribution in [2.24, 2.45) is 0 Å². The molecule has 0 bridgehead atoms. The molecule has 2 aromatic carbocycles. The van der Waals surface area contributed by atoms with Gasteiger partial charge in [0.25, 0.3) is 5.56 Å². The summed E-state index contributed by atoms with van der Waals surface area (Å²) < 4.78 is 0. The van der Waals surface area contributed by atoms with E-state index in [1.807, 2.05) is 0 Å². The zero-order chi connectivity index (χ0) is 13.6. The summed E-state index contributed by atoms with van der Waals surface area (Å²) in [5.74, 6) is -1.03. The zero-order valence-corrected chi connectivity index (χ0v) is 9.81. The monoisotopic (exact) mass is 254 g/mol. The summed E-state index contributed by atoms with van der Waals surface area (Å²) in [4.78, 5) is 25.9. The van der Waals surface area contributed by atoms with E-state index in [0.29, 0.717) is 27.4 Å². The average Bonchev–Trinajstić information content (AvgIpc) is 2.38. The Morgan fingerprint density at radius 1 is 1.16 bits per heavy atom. The van der Waals surface area contributed by atoms with Crippen LogP contribution in [0.4, 0.5) is 5.69 Å². The smallest absolute Gasteiger partial charge is 0.336 e.